The molecule has 2 heterocycles. The van der Waals surface area contributed by atoms with Gasteiger partial charge in [-0.15, -0.1) is 0 Å². The summed E-state index contributed by atoms with van der Waals surface area (Å²) in [5.41, 5.74) is 9.79. The van der Waals surface area contributed by atoms with Gasteiger partial charge in [0.15, 0.2) is 0 Å². The maximum atomic E-state index is 5.99. The summed E-state index contributed by atoms with van der Waals surface area (Å²) in [6.45, 7) is 8.18. The third-order valence-corrected chi connectivity index (χ3v) is 5.28. The van der Waals surface area contributed by atoms with Gasteiger partial charge in [0.2, 0.25) is 0 Å². The van der Waals surface area contributed by atoms with Gasteiger partial charge in [-0.2, -0.15) is 0 Å². The number of piperidine rings is 1. The predicted octanol–water partition coefficient (Wildman–Crippen LogP) is 2.37. The van der Waals surface area contributed by atoms with E-state index in [1.807, 2.05) is 18.4 Å². The molecule has 4 heteroatoms. The van der Waals surface area contributed by atoms with Crippen molar-refractivity contribution in [2.24, 2.45) is 10.7 Å². The molecule has 3 rings (SSSR count). The van der Waals surface area contributed by atoms with Gasteiger partial charge in [0.05, 0.1) is 0 Å². The smallest absolute Gasteiger partial charge is 0.0439 e. The maximum Gasteiger partial charge on any atom is 0.0439 e. The van der Waals surface area contributed by atoms with Gasteiger partial charge in [-0.3, -0.25) is 4.99 Å². The average molecular weight is 351 g/mol. The first kappa shape index (κ1) is 18.5. The Morgan fingerprint density at radius 3 is 2.85 bits per heavy atom. The van der Waals surface area contributed by atoms with Crippen LogP contribution in [0, 0.1) is 0 Å². The summed E-state index contributed by atoms with van der Waals surface area (Å²) in [6.07, 6.45) is 14.0. The molecule has 138 valence electrons. The lowest BCUT2D eigenvalue weighted by atomic mass is 9.89. The number of nitrogens with zero attached hydrogens (tertiary/aromatic N) is 1. The van der Waals surface area contributed by atoms with Gasteiger partial charge < -0.3 is 16.4 Å². The van der Waals surface area contributed by atoms with E-state index in [2.05, 4.69) is 47.5 Å². The van der Waals surface area contributed by atoms with Crippen LogP contribution >= 0.6 is 0 Å². The van der Waals surface area contributed by atoms with Crippen molar-refractivity contribution in [2.75, 3.05) is 18.4 Å². The highest BCUT2D eigenvalue weighted by Gasteiger charge is 2.17. The summed E-state index contributed by atoms with van der Waals surface area (Å²) >= 11 is 0. The highest BCUT2D eigenvalue weighted by Crippen LogP contribution is 2.27. The Balaban J connectivity index is 2.00. The van der Waals surface area contributed by atoms with Crippen molar-refractivity contribution >= 4 is 24.2 Å². The lowest BCUT2D eigenvalue weighted by Crippen LogP contribution is -2.38. The largest absolute Gasteiger partial charge is 0.404 e. The molecule has 0 spiro atoms. The van der Waals surface area contributed by atoms with Crippen molar-refractivity contribution in [1.82, 2.24) is 5.32 Å². The summed E-state index contributed by atoms with van der Waals surface area (Å²) in [5.74, 6) is 0.312. The van der Waals surface area contributed by atoms with E-state index in [4.69, 9.17) is 5.73 Å². The summed E-state index contributed by atoms with van der Waals surface area (Å²) in [5, 5.41) is 9.31. The van der Waals surface area contributed by atoms with Gasteiger partial charge >= 0.3 is 0 Å². The van der Waals surface area contributed by atoms with Crippen LogP contribution in [-0.2, 0) is 0 Å². The van der Waals surface area contributed by atoms with Crippen LogP contribution in [0.25, 0.3) is 12.3 Å². The molecule has 4 N–H and O–H groups in total. The number of rotatable bonds is 5. The summed E-state index contributed by atoms with van der Waals surface area (Å²) in [7, 11) is 0. The normalized spacial score (nSPS) is 22.3. The van der Waals surface area contributed by atoms with Crippen LogP contribution in [0.15, 0.2) is 41.6 Å². The number of benzene rings is 1. The molecule has 0 aliphatic carbocycles. The van der Waals surface area contributed by atoms with Crippen LogP contribution in [0.1, 0.15) is 44.1 Å². The predicted molar refractivity (Wildman–Crippen MR) is 113 cm³/mol. The highest BCUT2D eigenvalue weighted by atomic mass is 15.0. The second kappa shape index (κ2) is 8.86. The minimum absolute atomic E-state index is 0.312. The van der Waals surface area contributed by atoms with E-state index in [1.165, 1.54) is 11.1 Å². The van der Waals surface area contributed by atoms with Gasteiger partial charge in [-0.25, -0.2) is 0 Å². The fourth-order valence-corrected chi connectivity index (χ4v) is 3.75. The molecule has 1 aromatic rings. The molecule has 4 nitrogen and oxygen atoms in total. The van der Waals surface area contributed by atoms with Crippen molar-refractivity contribution in [1.29, 1.82) is 0 Å². The molecule has 0 amide bonds. The van der Waals surface area contributed by atoms with Crippen LogP contribution < -0.4 is 26.8 Å². The zero-order chi connectivity index (χ0) is 18.4. The minimum Gasteiger partial charge on any atom is -0.404 e. The summed E-state index contributed by atoms with van der Waals surface area (Å²) < 4.78 is 0. The number of allylic oxidation sites excluding steroid dienone is 2. The fourth-order valence-electron chi connectivity index (χ4n) is 3.75. The number of aliphatic imine (C=N–C) groups is 1. The standard InChI is InChI=1S/C22H30N4/c1-3-5-17-11-18(19-10-16(4-2)14-25-15-19)12-22(21(17)13-23)26-20-6-8-24-9-7-20/h3,5,11-15,19-20,24,26H,1,4,6-10,23H2,2H3/b17-5-,21-13+. The summed E-state index contributed by atoms with van der Waals surface area (Å²) in [6, 6.07) is 4.97. The Hall–Kier alpha value is -2.33. The highest BCUT2D eigenvalue weighted by molar-refractivity contribution is 5.72. The van der Waals surface area contributed by atoms with E-state index in [1.54, 1.807) is 6.20 Å². The van der Waals surface area contributed by atoms with Crippen molar-refractivity contribution in [3.8, 4) is 0 Å². The van der Waals surface area contributed by atoms with Crippen molar-refractivity contribution < 1.29 is 0 Å². The first-order valence-electron chi connectivity index (χ1n) is 9.62. The molecule has 1 unspecified atom stereocenters. The lowest BCUT2D eigenvalue weighted by molar-refractivity contribution is 0.479. The Kier molecular flexibility index (Phi) is 6.29. The zero-order valence-corrected chi connectivity index (χ0v) is 15.7. The maximum absolute atomic E-state index is 5.99. The quantitative estimate of drug-likeness (QED) is 0.764. The van der Waals surface area contributed by atoms with E-state index in [-0.39, 0.29) is 0 Å². The first-order chi connectivity index (χ1) is 12.7. The molecule has 1 fully saturated rings. The number of nitrogens with one attached hydrogen (secondary N) is 2. The van der Waals surface area contributed by atoms with E-state index >= 15 is 0 Å². The molecule has 1 atom stereocenters. The van der Waals surface area contributed by atoms with Crippen molar-refractivity contribution in [3.05, 3.63) is 52.6 Å². The third-order valence-electron chi connectivity index (χ3n) is 5.28. The average Bonchev–Trinajstić information content (AvgIpc) is 2.69. The molecule has 2 aliphatic rings. The number of anilines is 1. The van der Waals surface area contributed by atoms with Crippen LogP contribution in [-0.4, -0.2) is 25.3 Å². The van der Waals surface area contributed by atoms with E-state index in [0.717, 1.165) is 54.9 Å². The van der Waals surface area contributed by atoms with Crippen molar-refractivity contribution in [2.45, 2.75) is 44.6 Å². The SMILES string of the molecule is C=C/C=c1/cc(C2C=NC=C(CC)C2)cc(NC2CCNCC2)/c1=C/N. The second-order valence-corrected chi connectivity index (χ2v) is 7.06. The second-order valence-electron chi connectivity index (χ2n) is 7.06. The van der Waals surface area contributed by atoms with Gasteiger partial charge in [0.25, 0.3) is 0 Å². The number of hydrogen-bond donors (Lipinski definition) is 3. The Morgan fingerprint density at radius 1 is 1.35 bits per heavy atom. The monoisotopic (exact) mass is 350 g/mol. The van der Waals surface area contributed by atoms with E-state index < -0.39 is 0 Å². The van der Waals surface area contributed by atoms with Crippen LogP contribution in [0.5, 0.6) is 0 Å². The molecule has 1 aromatic carbocycles. The van der Waals surface area contributed by atoms with Gasteiger partial charge in [-0.05, 0) is 55.6 Å². The van der Waals surface area contributed by atoms with E-state index in [9.17, 15) is 0 Å². The lowest BCUT2D eigenvalue weighted by Gasteiger charge is -2.26. The molecule has 0 saturated carbocycles. The molecule has 0 radical (unpaired) electrons. The number of nitrogens with two attached hydrogens (primary N) is 1. The van der Waals surface area contributed by atoms with E-state index in [0.29, 0.717) is 12.0 Å². The first-order valence-corrected chi connectivity index (χ1v) is 9.62. The molecule has 2 aliphatic heterocycles. The molecule has 26 heavy (non-hydrogen) atoms. The minimum atomic E-state index is 0.312. The van der Waals surface area contributed by atoms with Gasteiger partial charge in [0, 0.05) is 41.5 Å². The van der Waals surface area contributed by atoms with Gasteiger partial charge in [0.1, 0.15) is 0 Å². The molecular formula is C22H30N4. The van der Waals surface area contributed by atoms with Crippen molar-refractivity contribution in [3.63, 3.8) is 0 Å². The molecule has 0 bridgehead atoms. The third kappa shape index (κ3) is 4.25. The Labute approximate surface area is 156 Å². The molecule has 0 aromatic heterocycles. The van der Waals surface area contributed by atoms with Crippen LogP contribution in [0.3, 0.4) is 0 Å². The van der Waals surface area contributed by atoms with Crippen LogP contribution in [0.4, 0.5) is 5.69 Å². The zero-order valence-electron chi connectivity index (χ0n) is 15.7. The molecular weight excluding hydrogens is 320 g/mol. The number of hydrogen-bond acceptors (Lipinski definition) is 4. The summed E-state index contributed by atoms with van der Waals surface area (Å²) in [4.78, 5) is 4.47. The molecule has 1 saturated heterocycles. The Bertz CT molecular complexity index is 813. The Morgan fingerprint density at radius 2 is 2.15 bits per heavy atom. The topological polar surface area (TPSA) is 62.4 Å². The fraction of sp³-hybridized carbons (Fsp3) is 0.409. The van der Waals surface area contributed by atoms with Gasteiger partial charge in [-0.1, -0.05) is 37.3 Å². The van der Waals surface area contributed by atoms with Crippen LogP contribution in [0.2, 0.25) is 0 Å².